The Morgan fingerprint density at radius 2 is 2.31 bits per heavy atom. The number of oxazole rings is 1. The predicted molar refractivity (Wildman–Crippen MR) is 48.4 cm³/mol. The van der Waals surface area contributed by atoms with Crippen molar-refractivity contribution in [2.75, 3.05) is 7.11 Å². The first-order valence-corrected chi connectivity index (χ1v) is 3.95. The molecular formula is C8H6ClNO3. The zero-order chi connectivity index (χ0) is 9.42. The van der Waals surface area contributed by atoms with E-state index in [1.165, 1.54) is 7.11 Å². The summed E-state index contributed by atoms with van der Waals surface area (Å²) in [5.74, 6) is -0.145. The maximum atomic E-state index is 10.8. The molecule has 0 atom stereocenters. The van der Waals surface area contributed by atoms with Crippen LogP contribution in [0.15, 0.2) is 21.3 Å². The standard InChI is InChI=1S/C8H6ClNO3/c1-12-6-4(9)2-3-5-7(6)13-8(11)10-5/h2-3H,1H3,(H,10,11). The molecule has 1 aromatic heterocycles. The van der Waals surface area contributed by atoms with Crippen LogP contribution in [0.1, 0.15) is 0 Å². The number of methoxy groups -OCH3 is 1. The summed E-state index contributed by atoms with van der Waals surface area (Å²) in [5.41, 5.74) is 0.922. The van der Waals surface area contributed by atoms with Gasteiger partial charge < -0.3 is 9.15 Å². The number of halogens is 1. The van der Waals surface area contributed by atoms with Crippen molar-refractivity contribution in [3.8, 4) is 5.75 Å². The van der Waals surface area contributed by atoms with E-state index >= 15 is 0 Å². The second-order valence-corrected chi connectivity index (χ2v) is 2.88. The number of nitrogens with one attached hydrogen (secondary N) is 1. The fourth-order valence-electron chi connectivity index (χ4n) is 1.16. The molecule has 1 N–H and O–H groups in total. The van der Waals surface area contributed by atoms with E-state index in [4.69, 9.17) is 20.8 Å². The first-order valence-electron chi connectivity index (χ1n) is 3.57. The van der Waals surface area contributed by atoms with Crippen molar-refractivity contribution < 1.29 is 9.15 Å². The summed E-state index contributed by atoms with van der Waals surface area (Å²) in [5, 5.41) is 0.415. The lowest BCUT2D eigenvalue weighted by Crippen LogP contribution is -1.92. The number of aromatic nitrogens is 1. The molecule has 1 heterocycles. The number of aromatic amines is 1. The lowest BCUT2D eigenvalue weighted by atomic mass is 10.3. The Hall–Kier alpha value is -1.42. The fraction of sp³-hybridized carbons (Fsp3) is 0.125. The van der Waals surface area contributed by atoms with Crippen molar-refractivity contribution in [1.82, 2.24) is 4.98 Å². The average molecular weight is 200 g/mol. The number of rotatable bonds is 1. The molecule has 2 rings (SSSR count). The molecule has 0 saturated carbocycles. The normalized spacial score (nSPS) is 10.6. The highest BCUT2D eigenvalue weighted by atomic mass is 35.5. The van der Waals surface area contributed by atoms with E-state index in [-0.39, 0.29) is 0 Å². The van der Waals surface area contributed by atoms with Crippen molar-refractivity contribution in [3.05, 3.63) is 27.7 Å². The van der Waals surface area contributed by atoms with Crippen molar-refractivity contribution in [1.29, 1.82) is 0 Å². The molecule has 0 spiro atoms. The summed E-state index contributed by atoms with van der Waals surface area (Å²) in [4.78, 5) is 13.3. The third-order valence-corrected chi connectivity index (χ3v) is 2.00. The van der Waals surface area contributed by atoms with Crippen LogP contribution in [0.25, 0.3) is 11.1 Å². The van der Waals surface area contributed by atoms with Crippen LogP contribution in [0.4, 0.5) is 0 Å². The third-order valence-electron chi connectivity index (χ3n) is 1.70. The second kappa shape index (κ2) is 2.81. The summed E-state index contributed by atoms with van der Waals surface area (Å²) in [6.45, 7) is 0. The van der Waals surface area contributed by atoms with Gasteiger partial charge in [-0.1, -0.05) is 11.6 Å². The van der Waals surface area contributed by atoms with E-state index in [0.29, 0.717) is 21.9 Å². The van der Waals surface area contributed by atoms with Gasteiger partial charge in [0.1, 0.15) is 0 Å². The molecule has 0 fully saturated rings. The van der Waals surface area contributed by atoms with E-state index < -0.39 is 5.76 Å². The molecule has 1 aromatic carbocycles. The van der Waals surface area contributed by atoms with Crippen molar-refractivity contribution in [2.24, 2.45) is 0 Å². The smallest absolute Gasteiger partial charge is 0.417 e. The molecule has 0 aliphatic rings. The molecule has 13 heavy (non-hydrogen) atoms. The molecule has 0 aliphatic carbocycles. The second-order valence-electron chi connectivity index (χ2n) is 2.47. The first-order chi connectivity index (χ1) is 6.22. The van der Waals surface area contributed by atoms with Crippen LogP contribution in [-0.2, 0) is 0 Å². The average Bonchev–Trinajstić information content (AvgIpc) is 2.45. The number of hydrogen-bond donors (Lipinski definition) is 1. The number of fused-ring (bicyclic) bond motifs is 1. The van der Waals surface area contributed by atoms with Crippen molar-refractivity contribution >= 4 is 22.7 Å². The fourth-order valence-corrected chi connectivity index (χ4v) is 1.38. The maximum Gasteiger partial charge on any atom is 0.417 e. The quantitative estimate of drug-likeness (QED) is 0.762. The Labute approximate surface area is 78.1 Å². The van der Waals surface area contributed by atoms with Crippen LogP contribution in [-0.4, -0.2) is 12.1 Å². The molecule has 68 valence electrons. The minimum absolute atomic E-state index is 0.347. The molecule has 0 amide bonds. The highest BCUT2D eigenvalue weighted by molar-refractivity contribution is 6.33. The molecule has 2 aromatic rings. The zero-order valence-electron chi connectivity index (χ0n) is 6.76. The Morgan fingerprint density at radius 3 is 3.00 bits per heavy atom. The lowest BCUT2D eigenvalue weighted by molar-refractivity contribution is 0.408. The van der Waals surface area contributed by atoms with Crippen LogP contribution in [0, 0.1) is 0 Å². The number of ether oxygens (including phenoxy) is 1. The van der Waals surface area contributed by atoms with Gasteiger partial charge >= 0.3 is 5.76 Å². The minimum Gasteiger partial charge on any atom is -0.491 e. The molecule has 4 nitrogen and oxygen atoms in total. The van der Waals surface area contributed by atoms with Gasteiger partial charge in [-0.05, 0) is 12.1 Å². The Balaban J connectivity index is 2.90. The van der Waals surface area contributed by atoms with E-state index in [1.54, 1.807) is 12.1 Å². The number of hydrogen-bond acceptors (Lipinski definition) is 3. The molecule has 0 radical (unpaired) electrons. The maximum absolute atomic E-state index is 10.8. The van der Waals surface area contributed by atoms with E-state index in [9.17, 15) is 4.79 Å². The highest BCUT2D eigenvalue weighted by Crippen LogP contribution is 2.31. The molecule has 0 unspecified atom stereocenters. The minimum atomic E-state index is -0.518. The van der Waals surface area contributed by atoms with Crippen LogP contribution in [0.3, 0.4) is 0 Å². The van der Waals surface area contributed by atoms with Gasteiger partial charge in [-0.2, -0.15) is 0 Å². The van der Waals surface area contributed by atoms with Gasteiger partial charge in [-0.15, -0.1) is 0 Å². The van der Waals surface area contributed by atoms with Gasteiger partial charge in [0.25, 0.3) is 0 Å². The summed E-state index contributed by atoms with van der Waals surface area (Å²) in [6.07, 6.45) is 0. The van der Waals surface area contributed by atoms with Gasteiger partial charge in [0.05, 0.1) is 17.6 Å². The summed E-state index contributed by atoms with van der Waals surface area (Å²) < 4.78 is 9.84. The predicted octanol–water partition coefficient (Wildman–Crippen LogP) is 1.78. The first kappa shape index (κ1) is 8.19. The monoisotopic (exact) mass is 199 g/mol. The van der Waals surface area contributed by atoms with Crippen LogP contribution in [0.5, 0.6) is 5.75 Å². The van der Waals surface area contributed by atoms with E-state index in [0.717, 1.165) is 0 Å². The highest BCUT2D eigenvalue weighted by Gasteiger charge is 2.10. The van der Waals surface area contributed by atoms with Crippen molar-refractivity contribution in [2.45, 2.75) is 0 Å². The summed E-state index contributed by atoms with van der Waals surface area (Å²) in [6, 6.07) is 3.29. The molecule has 5 heteroatoms. The van der Waals surface area contributed by atoms with Crippen LogP contribution < -0.4 is 10.5 Å². The summed E-state index contributed by atoms with van der Waals surface area (Å²) >= 11 is 5.81. The Morgan fingerprint density at radius 1 is 1.54 bits per heavy atom. The Bertz CT molecular complexity index is 500. The third kappa shape index (κ3) is 1.19. The van der Waals surface area contributed by atoms with E-state index in [1.807, 2.05) is 0 Å². The topological polar surface area (TPSA) is 55.2 Å². The summed E-state index contributed by atoms with van der Waals surface area (Å²) in [7, 11) is 1.47. The SMILES string of the molecule is COc1c(Cl)ccc2[nH]c(=O)oc12. The van der Waals surface area contributed by atoms with Crippen LogP contribution in [0.2, 0.25) is 5.02 Å². The number of H-pyrrole nitrogens is 1. The molecular weight excluding hydrogens is 194 g/mol. The number of benzene rings is 1. The van der Waals surface area contributed by atoms with Gasteiger partial charge in [-0.3, -0.25) is 4.98 Å². The van der Waals surface area contributed by atoms with Crippen LogP contribution >= 0.6 is 11.6 Å². The van der Waals surface area contributed by atoms with Gasteiger partial charge in [-0.25, -0.2) is 4.79 Å². The molecule has 0 bridgehead atoms. The van der Waals surface area contributed by atoms with Gasteiger partial charge in [0.2, 0.25) is 0 Å². The van der Waals surface area contributed by atoms with Gasteiger partial charge in [0.15, 0.2) is 11.3 Å². The lowest BCUT2D eigenvalue weighted by Gasteiger charge is -2.00. The zero-order valence-corrected chi connectivity index (χ0v) is 7.51. The van der Waals surface area contributed by atoms with Gasteiger partial charge in [0, 0.05) is 0 Å². The molecule has 0 saturated heterocycles. The largest absolute Gasteiger partial charge is 0.491 e. The van der Waals surface area contributed by atoms with E-state index in [2.05, 4.69) is 4.98 Å². The Kier molecular flexibility index (Phi) is 1.77. The van der Waals surface area contributed by atoms with Crippen molar-refractivity contribution in [3.63, 3.8) is 0 Å². The molecule has 0 aliphatic heterocycles.